The summed E-state index contributed by atoms with van der Waals surface area (Å²) in [5, 5.41) is 13.2. The van der Waals surface area contributed by atoms with Gasteiger partial charge in [0, 0.05) is 15.9 Å². The lowest BCUT2D eigenvalue weighted by molar-refractivity contribution is 0.182. The first kappa shape index (κ1) is 13.4. The van der Waals surface area contributed by atoms with Crippen molar-refractivity contribution in [3.63, 3.8) is 0 Å². The molecule has 5 heteroatoms. The van der Waals surface area contributed by atoms with Crippen molar-refractivity contribution < 1.29 is 5.11 Å². The highest BCUT2D eigenvalue weighted by Gasteiger charge is 2.15. The average molecular weight is 352 g/mol. The minimum absolute atomic E-state index is 0.465. The molecule has 17 heavy (non-hydrogen) atoms. The Labute approximate surface area is 122 Å². The molecule has 1 atom stereocenters. The quantitative estimate of drug-likeness (QED) is 0.816. The van der Waals surface area contributed by atoms with E-state index in [0.717, 1.165) is 14.9 Å². The van der Waals surface area contributed by atoms with Crippen LogP contribution in [-0.2, 0) is 6.42 Å². The lowest BCUT2D eigenvalue weighted by Crippen LogP contribution is -2.00. The van der Waals surface area contributed by atoms with Crippen molar-refractivity contribution >= 4 is 50.5 Å². The average Bonchev–Trinajstić information content (AvgIpc) is 2.68. The van der Waals surface area contributed by atoms with Gasteiger partial charge in [-0.2, -0.15) is 0 Å². The van der Waals surface area contributed by atoms with Crippen molar-refractivity contribution in [2.45, 2.75) is 12.5 Å². The zero-order valence-corrected chi connectivity index (χ0v) is 12.6. The fourth-order valence-corrected chi connectivity index (χ4v) is 3.45. The molecule has 1 aromatic heterocycles. The van der Waals surface area contributed by atoms with Gasteiger partial charge in [0.2, 0.25) is 0 Å². The van der Waals surface area contributed by atoms with Crippen molar-refractivity contribution in [3.8, 4) is 0 Å². The van der Waals surface area contributed by atoms with E-state index in [-0.39, 0.29) is 0 Å². The Balaban J connectivity index is 2.19. The zero-order chi connectivity index (χ0) is 12.4. The lowest BCUT2D eigenvalue weighted by atomic mass is 10.1. The van der Waals surface area contributed by atoms with Gasteiger partial charge >= 0.3 is 0 Å². The van der Waals surface area contributed by atoms with E-state index in [4.69, 9.17) is 23.2 Å². The van der Waals surface area contributed by atoms with Crippen molar-refractivity contribution in [2.24, 2.45) is 0 Å². The van der Waals surface area contributed by atoms with Crippen LogP contribution in [0.1, 0.15) is 16.5 Å². The fourth-order valence-electron chi connectivity index (χ4n) is 1.53. The molecule has 1 unspecified atom stereocenters. The third-order valence-corrected chi connectivity index (χ3v) is 4.68. The van der Waals surface area contributed by atoms with E-state index in [1.165, 1.54) is 11.3 Å². The van der Waals surface area contributed by atoms with Gasteiger partial charge in [-0.25, -0.2) is 0 Å². The second kappa shape index (κ2) is 5.72. The summed E-state index contributed by atoms with van der Waals surface area (Å²) in [5.41, 5.74) is 0.909. The van der Waals surface area contributed by atoms with Crippen LogP contribution in [0.2, 0.25) is 10.0 Å². The van der Waals surface area contributed by atoms with E-state index in [9.17, 15) is 5.11 Å². The van der Waals surface area contributed by atoms with E-state index in [1.807, 2.05) is 23.6 Å². The van der Waals surface area contributed by atoms with Gasteiger partial charge in [-0.3, -0.25) is 0 Å². The molecule has 0 aliphatic rings. The first-order chi connectivity index (χ1) is 8.08. The van der Waals surface area contributed by atoms with Crippen LogP contribution in [-0.4, -0.2) is 5.11 Å². The predicted octanol–water partition coefficient (Wildman–Crippen LogP) is 5.09. The molecule has 0 radical (unpaired) electrons. The number of hydrogen-bond acceptors (Lipinski definition) is 2. The topological polar surface area (TPSA) is 20.2 Å². The van der Waals surface area contributed by atoms with Gasteiger partial charge in [0.05, 0.1) is 16.0 Å². The molecule has 0 aliphatic heterocycles. The Morgan fingerprint density at radius 3 is 2.59 bits per heavy atom. The Hall–Kier alpha value is -0.0600. The molecule has 0 aliphatic carbocycles. The van der Waals surface area contributed by atoms with E-state index < -0.39 is 6.10 Å². The minimum atomic E-state index is -0.610. The lowest BCUT2D eigenvalue weighted by Gasteiger charge is -2.11. The normalized spacial score (nSPS) is 12.7. The molecule has 1 aromatic carbocycles. The Morgan fingerprint density at radius 2 is 2.00 bits per heavy atom. The maximum absolute atomic E-state index is 10.1. The standard InChI is InChI=1S/C12H9BrCl2OS/c13-8-2-1-7(10(15)6-8)5-11(16)12-9(14)3-4-17-12/h1-4,6,11,16H,5H2. The van der Waals surface area contributed by atoms with Gasteiger partial charge in [-0.05, 0) is 29.1 Å². The van der Waals surface area contributed by atoms with Crippen LogP contribution in [0.3, 0.4) is 0 Å². The molecule has 1 heterocycles. The maximum Gasteiger partial charge on any atom is 0.0937 e. The van der Waals surface area contributed by atoms with E-state index >= 15 is 0 Å². The van der Waals surface area contributed by atoms with Crippen LogP contribution < -0.4 is 0 Å². The third kappa shape index (κ3) is 3.24. The van der Waals surface area contributed by atoms with Crippen LogP contribution in [0.25, 0.3) is 0 Å². The van der Waals surface area contributed by atoms with Gasteiger partial charge in [-0.1, -0.05) is 45.2 Å². The molecule has 0 saturated carbocycles. The summed E-state index contributed by atoms with van der Waals surface area (Å²) in [7, 11) is 0. The van der Waals surface area contributed by atoms with Crippen LogP contribution in [0.5, 0.6) is 0 Å². The molecule has 1 nitrogen and oxygen atoms in total. The summed E-state index contributed by atoms with van der Waals surface area (Å²) in [6, 6.07) is 7.41. The van der Waals surface area contributed by atoms with E-state index in [0.29, 0.717) is 16.5 Å². The summed E-state index contributed by atoms with van der Waals surface area (Å²) in [6.45, 7) is 0. The minimum Gasteiger partial charge on any atom is -0.387 e. The molecular weight excluding hydrogens is 343 g/mol. The number of aliphatic hydroxyl groups excluding tert-OH is 1. The molecule has 1 N–H and O–H groups in total. The highest BCUT2D eigenvalue weighted by Crippen LogP contribution is 2.32. The van der Waals surface area contributed by atoms with E-state index in [1.54, 1.807) is 6.07 Å². The Kier molecular flexibility index (Phi) is 4.50. The fraction of sp³-hybridized carbons (Fsp3) is 0.167. The second-order valence-corrected chi connectivity index (χ2v) is 6.27. The van der Waals surface area contributed by atoms with Crippen molar-refractivity contribution in [1.82, 2.24) is 0 Å². The first-order valence-electron chi connectivity index (χ1n) is 4.93. The summed E-state index contributed by atoms with van der Waals surface area (Å²) in [6.07, 6.45) is -0.145. The molecule has 2 aromatic rings. The summed E-state index contributed by atoms with van der Waals surface area (Å²) in [4.78, 5) is 0.783. The molecule has 90 valence electrons. The first-order valence-corrected chi connectivity index (χ1v) is 7.35. The van der Waals surface area contributed by atoms with Gasteiger partial charge in [0.25, 0.3) is 0 Å². The van der Waals surface area contributed by atoms with Crippen LogP contribution in [0, 0.1) is 0 Å². The largest absolute Gasteiger partial charge is 0.387 e. The van der Waals surface area contributed by atoms with Gasteiger partial charge in [0.15, 0.2) is 0 Å². The summed E-state index contributed by atoms with van der Waals surface area (Å²) in [5.74, 6) is 0. The van der Waals surface area contributed by atoms with Crippen molar-refractivity contribution in [1.29, 1.82) is 0 Å². The zero-order valence-electron chi connectivity index (χ0n) is 8.66. The number of thiophene rings is 1. The molecule has 0 bridgehead atoms. The maximum atomic E-state index is 10.1. The summed E-state index contributed by atoms with van der Waals surface area (Å²) >= 11 is 16.9. The monoisotopic (exact) mass is 350 g/mol. The molecular formula is C12H9BrCl2OS. The SMILES string of the molecule is OC(Cc1ccc(Br)cc1Cl)c1sccc1Cl. The van der Waals surface area contributed by atoms with Crippen molar-refractivity contribution in [3.05, 3.63) is 54.6 Å². The smallest absolute Gasteiger partial charge is 0.0937 e. The van der Waals surface area contributed by atoms with Crippen LogP contribution in [0.15, 0.2) is 34.1 Å². The van der Waals surface area contributed by atoms with Crippen molar-refractivity contribution in [2.75, 3.05) is 0 Å². The second-order valence-electron chi connectivity index (χ2n) is 3.59. The molecule has 0 spiro atoms. The van der Waals surface area contributed by atoms with Gasteiger partial charge < -0.3 is 5.11 Å². The highest BCUT2D eigenvalue weighted by atomic mass is 79.9. The van der Waals surface area contributed by atoms with Crippen LogP contribution >= 0.6 is 50.5 Å². The number of aliphatic hydroxyl groups is 1. The molecule has 2 rings (SSSR count). The molecule has 0 amide bonds. The number of halogens is 3. The Morgan fingerprint density at radius 1 is 1.24 bits per heavy atom. The Bertz CT molecular complexity index is 527. The predicted molar refractivity (Wildman–Crippen MR) is 77.1 cm³/mol. The highest BCUT2D eigenvalue weighted by molar-refractivity contribution is 9.10. The van der Waals surface area contributed by atoms with E-state index in [2.05, 4.69) is 15.9 Å². The van der Waals surface area contributed by atoms with Crippen LogP contribution in [0.4, 0.5) is 0 Å². The number of hydrogen-bond donors (Lipinski definition) is 1. The third-order valence-electron chi connectivity index (χ3n) is 2.38. The van der Waals surface area contributed by atoms with Gasteiger partial charge in [0.1, 0.15) is 0 Å². The number of rotatable bonds is 3. The molecule has 0 fully saturated rings. The molecule has 0 saturated heterocycles. The summed E-state index contributed by atoms with van der Waals surface area (Å²) < 4.78 is 0.926. The number of benzene rings is 1. The van der Waals surface area contributed by atoms with Gasteiger partial charge in [-0.15, -0.1) is 11.3 Å².